The Morgan fingerprint density at radius 1 is 1.30 bits per heavy atom. The smallest absolute Gasteiger partial charge is 0.240 e. The molecule has 3 rings (SSSR count). The highest BCUT2D eigenvalue weighted by atomic mass is 32.2. The first-order valence-electron chi connectivity index (χ1n) is 9.67. The monoisotopic (exact) mass is 390 g/mol. The van der Waals surface area contributed by atoms with Gasteiger partial charge in [0.15, 0.2) is 5.16 Å². The number of nitrogens with zero attached hydrogens (tertiary/aromatic N) is 4. The van der Waals surface area contributed by atoms with Gasteiger partial charge in [-0.05, 0) is 40.2 Å². The quantitative estimate of drug-likeness (QED) is 0.569. The van der Waals surface area contributed by atoms with E-state index in [1.807, 2.05) is 24.8 Å². The van der Waals surface area contributed by atoms with Crippen LogP contribution in [0.15, 0.2) is 22.9 Å². The summed E-state index contributed by atoms with van der Waals surface area (Å²) in [5.74, 6) is 0.242. The fraction of sp³-hybridized carbons (Fsp3) is 0.650. The van der Waals surface area contributed by atoms with Crippen LogP contribution in [0.5, 0.6) is 0 Å². The van der Waals surface area contributed by atoms with Crippen molar-refractivity contribution < 1.29 is 9.53 Å². The van der Waals surface area contributed by atoms with Crippen LogP contribution in [0.4, 0.5) is 0 Å². The summed E-state index contributed by atoms with van der Waals surface area (Å²) in [6, 6.07) is 1.92. The van der Waals surface area contributed by atoms with Gasteiger partial charge in [0.25, 0.3) is 0 Å². The molecule has 0 aliphatic carbocycles. The number of rotatable bonds is 5. The Bertz CT molecular complexity index is 683. The molecule has 0 radical (unpaired) electrons. The second kappa shape index (κ2) is 9.17. The predicted molar refractivity (Wildman–Crippen MR) is 108 cm³/mol. The molecule has 0 aromatic carbocycles. The summed E-state index contributed by atoms with van der Waals surface area (Å²) in [4.78, 5) is 26.6. The van der Waals surface area contributed by atoms with Crippen molar-refractivity contribution in [2.24, 2.45) is 0 Å². The lowest BCUT2D eigenvalue weighted by Gasteiger charge is -2.32. The van der Waals surface area contributed by atoms with Crippen LogP contribution in [0.3, 0.4) is 0 Å². The third kappa shape index (κ3) is 5.30. The van der Waals surface area contributed by atoms with Crippen molar-refractivity contribution in [3.63, 3.8) is 0 Å². The van der Waals surface area contributed by atoms with Gasteiger partial charge in [-0.2, -0.15) is 0 Å². The number of morpholine rings is 1. The Hall–Kier alpha value is -1.44. The van der Waals surface area contributed by atoms with Crippen LogP contribution in [0.25, 0.3) is 0 Å². The predicted octanol–water partition coefficient (Wildman–Crippen LogP) is 2.45. The molecule has 2 saturated heterocycles. The highest BCUT2D eigenvalue weighted by Crippen LogP contribution is 2.32. The molecule has 6 nitrogen and oxygen atoms in total. The molecule has 0 spiro atoms. The van der Waals surface area contributed by atoms with Crippen LogP contribution in [0, 0.1) is 13.8 Å². The molecule has 2 atom stereocenters. The Labute approximate surface area is 166 Å². The molecule has 27 heavy (non-hydrogen) atoms. The molecule has 1 amide bonds. The molecule has 1 aromatic heterocycles. The second-order valence-corrected chi connectivity index (χ2v) is 8.69. The summed E-state index contributed by atoms with van der Waals surface area (Å²) in [6.45, 7) is 12.6. The molecule has 1 aromatic rings. The van der Waals surface area contributed by atoms with Gasteiger partial charge in [-0.25, -0.2) is 9.97 Å². The van der Waals surface area contributed by atoms with Gasteiger partial charge in [0, 0.05) is 42.8 Å². The lowest BCUT2D eigenvalue weighted by Crippen LogP contribution is -2.49. The summed E-state index contributed by atoms with van der Waals surface area (Å²) in [5.41, 5.74) is 3.28. The SMILES string of the molecule is CC=C(C)CN1C[C@H](Sc2nc(C)cc(C)n2)C[C@H]1C(=O)N1CCOCC1. The number of amides is 1. The van der Waals surface area contributed by atoms with Crippen LogP contribution >= 0.6 is 11.8 Å². The molecule has 7 heteroatoms. The maximum atomic E-state index is 13.2. The fourth-order valence-electron chi connectivity index (χ4n) is 3.68. The first kappa shape index (κ1) is 20.3. The minimum atomic E-state index is -0.0681. The Morgan fingerprint density at radius 3 is 2.59 bits per heavy atom. The van der Waals surface area contributed by atoms with Gasteiger partial charge in [-0.3, -0.25) is 9.69 Å². The molecule has 2 fully saturated rings. The molecular formula is C20H30N4O2S. The van der Waals surface area contributed by atoms with Gasteiger partial charge >= 0.3 is 0 Å². The van der Waals surface area contributed by atoms with Crippen LogP contribution in [0.1, 0.15) is 31.7 Å². The maximum absolute atomic E-state index is 13.2. The highest BCUT2D eigenvalue weighted by molar-refractivity contribution is 7.99. The summed E-state index contributed by atoms with van der Waals surface area (Å²) in [5, 5.41) is 1.14. The van der Waals surface area contributed by atoms with E-state index in [1.54, 1.807) is 11.8 Å². The number of ether oxygens (including phenoxy) is 1. The minimum absolute atomic E-state index is 0.0681. The van der Waals surface area contributed by atoms with Gasteiger partial charge in [0.2, 0.25) is 5.91 Å². The average Bonchev–Trinajstić information content (AvgIpc) is 3.02. The fourth-order valence-corrected chi connectivity index (χ4v) is 4.92. The minimum Gasteiger partial charge on any atom is -0.378 e. The topological polar surface area (TPSA) is 58.6 Å². The number of allylic oxidation sites excluding steroid dienone is 1. The van der Waals surface area contributed by atoms with Gasteiger partial charge < -0.3 is 9.64 Å². The van der Waals surface area contributed by atoms with E-state index in [1.165, 1.54) is 5.57 Å². The van der Waals surface area contributed by atoms with E-state index in [-0.39, 0.29) is 11.9 Å². The van der Waals surface area contributed by atoms with Crippen LogP contribution < -0.4 is 0 Å². The lowest BCUT2D eigenvalue weighted by molar-refractivity contribution is -0.139. The van der Waals surface area contributed by atoms with E-state index < -0.39 is 0 Å². The summed E-state index contributed by atoms with van der Waals surface area (Å²) in [7, 11) is 0. The van der Waals surface area contributed by atoms with Gasteiger partial charge in [0.1, 0.15) is 0 Å². The van der Waals surface area contributed by atoms with E-state index >= 15 is 0 Å². The zero-order chi connectivity index (χ0) is 19.4. The normalized spacial score (nSPS) is 24.4. The van der Waals surface area contributed by atoms with E-state index in [4.69, 9.17) is 4.74 Å². The molecule has 0 unspecified atom stereocenters. The number of hydrogen-bond donors (Lipinski definition) is 0. The van der Waals surface area contributed by atoms with Gasteiger partial charge in [0.05, 0.1) is 19.3 Å². The van der Waals surface area contributed by atoms with E-state index in [2.05, 4.69) is 34.8 Å². The van der Waals surface area contributed by atoms with Gasteiger partial charge in [-0.1, -0.05) is 23.4 Å². The van der Waals surface area contributed by atoms with Crippen molar-refractivity contribution in [3.05, 3.63) is 29.1 Å². The van der Waals surface area contributed by atoms with Crippen LogP contribution in [-0.2, 0) is 9.53 Å². The Kier molecular flexibility index (Phi) is 6.89. The van der Waals surface area contributed by atoms with E-state index in [0.717, 1.165) is 36.1 Å². The first-order valence-corrected chi connectivity index (χ1v) is 10.6. The second-order valence-electron chi connectivity index (χ2n) is 7.43. The summed E-state index contributed by atoms with van der Waals surface area (Å²) in [6.07, 6.45) is 2.97. The number of carbonyl (C=O) groups excluding carboxylic acids is 1. The first-order chi connectivity index (χ1) is 13.0. The van der Waals surface area contributed by atoms with Crippen molar-refractivity contribution in [2.75, 3.05) is 39.4 Å². The Morgan fingerprint density at radius 2 is 1.96 bits per heavy atom. The number of likely N-dealkylation sites (tertiary alicyclic amines) is 1. The van der Waals surface area contributed by atoms with Gasteiger partial charge in [-0.15, -0.1) is 0 Å². The molecule has 0 saturated carbocycles. The average molecular weight is 391 g/mol. The molecule has 148 valence electrons. The zero-order valence-corrected chi connectivity index (χ0v) is 17.6. The Balaban J connectivity index is 1.72. The number of hydrogen-bond acceptors (Lipinski definition) is 6. The molecular weight excluding hydrogens is 360 g/mol. The number of thioether (sulfide) groups is 1. The standard InChI is InChI=1S/C20H30N4O2S/c1-5-14(2)12-24-13-17(27-20-21-15(3)10-16(4)22-20)11-18(24)19(25)23-6-8-26-9-7-23/h5,10,17-18H,6-9,11-13H2,1-4H3/t17-,18+/m1/s1. The summed E-state index contributed by atoms with van der Waals surface area (Å²) < 4.78 is 5.41. The molecule has 0 bridgehead atoms. The molecule has 2 aliphatic heterocycles. The maximum Gasteiger partial charge on any atom is 0.240 e. The number of aromatic nitrogens is 2. The zero-order valence-electron chi connectivity index (χ0n) is 16.8. The third-order valence-electron chi connectivity index (χ3n) is 5.15. The van der Waals surface area contributed by atoms with Crippen molar-refractivity contribution in [1.29, 1.82) is 0 Å². The van der Waals surface area contributed by atoms with Crippen LogP contribution in [-0.4, -0.2) is 76.4 Å². The third-order valence-corrected chi connectivity index (χ3v) is 6.22. The van der Waals surface area contributed by atoms with Crippen molar-refractivity contribution in [2.45, 2.75) is 50.6 Å². The van der Waals surface area contributed by atoms with E-state index in [0.29, 0.717) is 31.6 Å². The number of carbonyl (C=O) groups is 1. The summed E-state index contributed by atoms with van der Waals surface area (Å²) >= 11 is 1.71. The van der Waals surface area contributed by atoms with Crippen molar-refractivity contribution in [3.8, 4) is 0 Å². The van der Waals surface area contributed by atoms with E-state index in [9.17, 15) is 4.79 Å². The van der Waals surface area contributed by atoms with Crippen molar-refractivity contribution >= 4 is 17.7 Å². The van der Waals surface area contributed by atoms with Crippen molar-refractivity contribution in [1.82, 2.24) is 19.8 Å². The number of aryl methyl sites for hydroxylation is 2. The molecule has 2 aliphatic rings. The molecule has 0 N–H and O–H groups in total. The lowest BCUT2D eigenvalue weighted by atomic mass is 10.1. The van der Waals surface area contributed by atoms with Crippen LogP contribution in [0.2, 0.25) is 0 Å². The highest BCUT2D eigenvalue weighted by Gasteiger charge is 2.39. The molecule has 3 heterocycles. The largest absolute Gasteiger partial charge is 0.378 e.